The molecule has 0 amide bonds. The van der Waals surface area contributed by atoms with Gasteiger partial charge in [-0.15, -0.1) is 0 Å². The summed E-state index contributed by atoms with van der Waals surface area (Å²) in [5.41, 5.74) is 5.61. The molecule has 1 fully saturated rings. The predicted octanol–water partition coefficient (Wildman–Crippen LogP) is 11.5. The number of carbonyl (C=O) groups is 1. The molecule has 3 aromatic rings. The number of aldehydes is 1. The Labute approximate surface area is 272 Å². The maximum atomic E-state index is 15.5. The van der Waals surface area contributed by atoms with Crippen LogP contribution in [0.4, 0.5) is 17.6 Å². The van der Waals surface area contributed by atoms with Gasteiger partial charge in [0.05, 0.1) is 5.02 Å². The average Bonchev–Trinajstić information content (AvgIpc) is 3.04. The SMILES string of the molecule is CC.CC1CCCCC1.CCC[C@](C)(Cc1c(C)cc(F)c(Cl)c1-c1c(C=O)ccc(OC(F)F)c1F)c1ccccc1.CN. The second-order valence-electron chi connectivity index (χ2n) is 11.3. The van der Waals surface area contributed by atoms with E-state index in [4.69, 9.17) is 11.6 Å². The Morgan fingerprint density at radius 3 is 2.11 bits per heavy atom. The van der Waals surface area contributed by atoms with Crippen molar-refractivity contribution < 1.29 is 27.1 Å². The maximum absolute atomic E-state index is 15.5. The molecule has 1 aliphatic carbocycles. The molecule has 8 heteroatoms. The summed E-state index contributed by atoms with van der Waals surface area (Å²) >= 11 is 6.37. The molecule has 3 aromatic carbocycles. The fourth-order valence-corrected chi connectivity index (χ4v) is 6.08. The molecule has 250 valence electrons. The lowest BCUT2D eigenvalue weighted by atomic mass is 9.72. The van der Waals surface area contributed by atoms with Gasteiger partial charge in [-0.2, -0.15) is 8.78 Å². The standard InChI is InChI=1S/C27H25ClF4O2.C7H14.C2H6.CH5N/c1-4-12-27(3,18-8-6-5-7-9-18)14-19-16(2)13-20(29)24(28)23(19)22-17(15-33)10-11-21(25(22)30)34-26(31)32;1-7-5-3-2-4-6-7;2*1-2/h5-11,13,15,26H,4,12,14H2,1-3H3;7H,2-6H2,1H3;1-2H3;2H2,1H3/t27-;;;/m1.../s1. The lowest BCUT2D eigenvalue weighted by molar-refractivity contribution is -0.0521. The highest BCUT2D eigenvalue weighted by Gasteiger charge is 2.31. The van der Waals surface area contributed by atoms with Gasteiger partial charge < -0.3 is 10.5 Å². The van der Waals surface area contributed by atoms with Gasteiger partial charge in [-0.3, -0.25) is 4.79 Å². The molecule has 3 nitrogen and oxygen atoms in total. The molecule has 0 saturated heterocycles. The smallest absolute Gasteiger partial charge is 0.387 e. The van der Waals surface area contributed by atoms with Gasteiger partial charge in [0.25, 0.3) is 0 Å². The van der Waals surface area contributed by atoms with Crippen molar-refractivity contribution >= 4 is 17.9 Å². The van der Waals surface area contributed by atoms with Crippen LogP contribution >= 0.6 is 11.6 Å². The van der Waals surface area contributed by atoms with Gasteiger partial charge in [0, 0.05) is 16.7 Å². The third-order valence-electron chi connectivity index (χ3n) is 8.02. The van der Waals surface area contributed by atoms with Gasteiger partial charge in [-0.05, 0) is 73.0 Å². The van der Waals surface area contributed by atoms with Crippen LogP contribution in [-0.4, -0.2) is 19.9 Å². The minimum absolute atomic E-state index is 0.0308. The fourth-order valence-electron chi connectivity index (χ4n) is 5.81. The number of rotatable bonds is 9. The largest absolute Gasteiger partial charge is 0.432 e. The molecular formula is C37H50ClF4NO2. The Balaban J connectivity index is 0.000000788. The Morgan fingerprint density at radius 1 is 1.02 bits per heavy atom. The summed E-state index contributed by atoms with van der Waals surface area (Å²) in [5, 5.41) is -0.385. The molecule has 4 rings (SSSR count). The lowest BCUT2D eigenvalue weighted by Crippen LogP contribution is -2.26. The molecule has 0 radical (unpaired) electrons. The quantitative estimate of drug-likeness (QED) is 0.185. The number of aryl methyl sites for hydroxylation is 1. The minimum Gasteiger partial charge on any atom is -0.432 e. The van der Waals surface area contributed by atoms with E-state index >= 15 is 4.39 Å². The highest BCUT2D eigenvalue weighted by Crippen LogP contribution is 2.44. The monoisotopic (exact) mass is 651 g/mol. The zero-order valence-corrected chi connectivity index (χ0v) is 28.5. The molecule has 1 atom stereocenters. The van der Waals surface area contributed by atoms with Crippen LogP contribution in [0.25, 0.3) is 11.1 Å². The van der Waals surface area contributed by atoms with Crippen LogP contribution in [0.2, 0.25) is 5.02 Å². The van der Waals surface area contributed by atoms with Gasteiger partial charge >= 0.3 is 6.61 Å². The second kappa shape index (κ2) is 20.3. The molecule has 1 aliphatic rings. The van der Waals surface area contributed by atoms with Crippen molar-refractivity contribution in [2.75, 3.05) is 7.05 Å². The zero-order chi connectivity index (χ0) is 34.2. The summed E-state index contributed by atoms with van der Waals surface area (Å²) in [6.45, 7) is 8.86. The molecule has 0 spiro atoms. The van der Waals surface area contributed by atoms with Gasteiger partial charge in [0.15, 0.2) is 17.9 Å². The highest BCUT2D eigenvalue weighted by molar-refractivity contribution is 6.34. The fraction of sp³-hybridized carbons (Fsp3) is 0.486. The summed E-state index contributed by atoms with van der Waals surface area (Å²) in [7, 11) is 1.50. The van der Waals surface area contributed by atoms with Crippen molar-refractivity contribution in [1.29, 1.82) is 0 Å². The van der Waals surface area contributed by atoms with Crippen LogP contribution in [-0.2, 0) is 11.8 Å². The van der Waals surface area contributed by atoms with Gasteiger partial charge in [0.1, 0.15) is 5.82 Å². The molecule has 1 saturated carbocycles. The van der Waals surface area contributed by atoms with Gasteiger partial charge in [-0.25, -0.2) is 8.78 Å². The number of carbonyl (C=O) groups excluding carboxylic acids is 1. The summed E-state index contributed by atoms with van der Waals surface area (Å²) in [5.74, 6) is -1.71. The van der Waals surface area contributed by atoms with Gasteiger partial charge in [0.2, 0.25) is 0 Å². The molecule has 0 bridgehead atoms. The summed E-state index contributed by atoms with van der Waals surface area (Å²) in [6.07, 6.45) is 9.78. The molecule has 45 heavy (non-hydrogen) atoms. The Bertz CT molecular complexity index is 1310. The van der Waals surface area contributed by atoms with Crippen molar-refractivity contribution in [2.45, 2.75) is 105 Å². The number of hydrogen-bond acceptors (Lipinski definition) is 3. The van der Waals surface area contributed by atoms with E-state index in [1.165, 1.54) is 45.2 Å². The third-order valence-corrected chi connectivity index (χ3v) is 8.38. The number of nitrogens with two attached hydrogens (primary N) is 1. The van der Waals surface area contributed by atoms with Gasteiger partial charge in [-0.1, -0.05) is 115 Å². The lowest BCUT2D eigenvalue weighted by Gasteiger charge is -2.32. The van der Waals surface area contributed by atoms with E-state index in [2.05, 4.69) is 24.3 Å². The number of halogens is 5. The highest BCUT2D eigenvalue weighted by atomic mass is 35.5. The zero-order valence-electron chi connectivity index (χ0n) is 27.8. The first-order chi connectivity index (χ1) is 21.5. The molecule has 0 unspecified atom stereocenters. The summed E-state index contributed by atoms with van der Waals surface area (Å²) < 4.78 is 60.3. The third kappa shape index (κ3) is 11.1. The number of alkyl halides is 2. The Kier molecular flexibility index (Phi) is 18.1. The topological polar surface area (TPSA) is 52.3 Å². The molecular weight excluding hydrogens is 602 g/mol. The maximum Gasteiger partial charge on any atom is 0.387 e. The normalized spacial score (nSPS) is 14.1. The van der Waals surface area contributed by atoms with Crippen LogP contribution in [0, 0.1) is 24.5 Å². The van der Waals surface area contributed by atoms with E-state index < -0.39 is 29.4 Å². The van der Waals surface area contributed by atoms with Crippen molar-refractivity contribution in [2.24, 2.45) is 11.7 Å². The first-order valence-electron chi connectivity index (χ1n) is 15.9. The number of hydrogen-bond donors (Lipinski definition) is 1. The van der Waals surface area contributed by atoms with E-state index in [0.29, 0.717) is 23.8 Å². The molecule has 0 aliphatic heterocycles. The van der Waals surface area contributed by atoms with E-state index in [9.17, 15) is 18.0 Å². The van der Waals surface area contributed by atoms with Crippen molar-refractivity contribution in [3.63, 3.8) is 0 Å². The van der Waals surface area contributed by atoms with E-state index in [0.717, 1.165) is 36.5 Å². The predicted molar refractivity (Wildman–Crippen MR) is 180 cm³/mol. The van der Waals surface area contributed by atoms with Crippen molar-refractivity contribution in [3.05, 3.63) is 87.4 Å². The van der Waals surface area contributed by atoms with Crippen LogP contribution in [0.15, 0.2) is 48.5 Å². The van der Waals surface area contributed by atoms with Crippen LogP contribution in [0.1, 0.15) is 107 Å². The first-order valence-corrected chi connectivity index (χ1v) is 16.2. The number of benzene rings is 3. The Morgan fingerprint density at radius 2 is 1.62 bits per heavy atom. The van der Waals surface area contributed by atoms with Crippen LogP contribution < -0.4 is 10.5 Å². The molecule has 2 N–H and O–H groups in total. The van der Waals surface area contributed by atoms with Crippen LogP contribution in [0.5, 0.6) is 5.75 Å². The van der Waals surface area contributed by atoms with Crippen molar-refractivity contribution in [3.8, 4) is 16.9 Å². The van der Waals surface area contributed by atoms with E-state index in [1.807, 2.05) is 51.1 Å². The molecule has 0 heterocycles. The summed E-state index contributed by atoms with van der Waals surface area (Å²) in [4.78, 5) is 11.8. The van der Waals surface area contributed by atoms with Crippen molar-refractivity contribution in [1.82, 2.24) is 0 Å². The van der Waals surface area contributed by atoms with E-state index in [-0.39, 0.29) is 21.7 Å². The number of ether oxygens (including phenoxy) is 1. The van der Waals surface area contributed by atoms with E-state index in [1.54, 1.807) is 6.92 Å². The summed E-state index contributed by atoms with van der Waals surface area (Å²) in [6, 6.07) is 13.1. The molecule has 0 aromatic heterocycles. The average molecular weight is 652 g/mol. The minimum atomic E-state index is -3.28. The second-order valence-corrected chi connectivity index (χ2v) is 11.7. The Hall–Kier alpha value is -2.90. The van der Waals surface area contributed by atoms with Crippen LogP contribution in [0.3, 0.4) is 0 Å². The first kappa shape index (κ1) is 40.1.